The molecular weight excluding hydrogens is 350 g/mol. The average Bonchev–Trinajstić information content (AvgIpc) is 3.10. The molecule has 0 aromatic heterocycles. The molecule has 1 aliphatic carbocycles. The molecular formula is C16H18BrNO4. The Bertz CT molecular complexity index is 600. The van der Waals surface area contributed by atoms with Crippen molar-refractivity contribution in [2.24, 2.45) is 0 Å². The van der Waals surface area contributed by atoms with Crippen LogP contribution in [0.15, 0.2) is 28.7 Å². The zero-order valence-electron chi connectivity index (χ0n) is 12.0. The van der Waals surface area contributed by atoms with E-state index in [1.807, 2.05) is 18.2 Å². The lowest BCUT2D eigenvalue weighted by molar-refractivity contribution is -0.151. The molecule has 0 spiro atoms. The Labute approximate surface area is 137 Å². The Balaban J connectivity index is 1.58. The van der Waals surface area contributed by atoms with Gasteiger partial charge in [-0.1, -0.05) is 34.1 Å². The normalized spacial score (nSPS) is 25.7. The smallest absolute Gasteiger partial charge is 0.332 e. The topological polar surface area (TPSA) is 75.6 Å². The number of carboxylic acid groups (broad SMARTS) is 1. The zero-order valence-corrected chi connectivity index (χ0v) is 13.6. The molecule has 2 fully saturated rings. The van der Waals surface area contributed by atoms with Crippen LogP contribution >= 0.6 is 15.9 Å². The predicted octanol–water partition coefficient (Wildman–Crippen LogP) is 2.23. The molecule has 0 radical (unpaired) electrons. The van der Waals surface area contributed by atoms with E-state index in [4.69, 9.17) is 9.84 Å². The molecule has 2 atom stereocenters. The Morgan fingerprint density at radius 2 is 1.95 bits per heavy atom. The summed E-state index contributed by atoms with van der Waals surface area (Å²) in [5, 5.41) is 11.8. The van der Waals surface area contributed by atoms with Crippen LogP contribution in [0.25, 0.3) is 0 Å². The number of nitrogens with one attached hydrogen (secondary N) is 1. The molecule has 1 aliphatic heterocycles. The highest BCUT2D eigenvalue weighted by Gasteiger charge is 2.46. The first-order valence-corrected chi connectivity index (χ1v) is 8.22. The first-order chi connectivity index (χ1) is 10.5. The number of carbonyl (C=O) groups is 2. The van der Waals surface area contributed by atoms with Gasteiger partial charge < -0.3 is 15.2 Å². The maximum Gasteiger partial charge on any atom is 0.332 e. The van der Waals surface area contributed by atoms with Gasteiger partial charge >= 0.3 is 5.97 Å². The summed E-state index contributed by atoms with van der Waals surface area (Å²) in [6.07, 6.45) is 1.44. The molecule has 1 heterocycles. The van der Waals surface area contributed by atoms with Gasteiger partial charge in [0.2, 0.25) is 5.91 Å². The van der Waals surface area contributed by atoms with Crippen molar-refractivity contribution in [3.8, 4) is 0 Å². The minimum atomic E-state index is -0.998. The van der Waals surface area contributed by atoms with Crippen LogP contribution in [0, 0.1) is 0 Å². The molecule has 118 valence electrons. The first-order valence-electron chi connectivity index (χ1n) is 7.43. The molecule has 1 aromatic rings. The van der Waals surface area contributed by atoms with Crippen molar-refractivity contribution in [3.05, 3.63) is 34.3 Å². The third-order valence-corrected chi connectivity index (χ3v) is 5.18. The third-order valence-electron chi connectivity index (χ3n) is 4.49. The molecule has 3 rings (SSSR count). The summed E-state index contributed by atoms with van der Waals surface area (Å²) in [6, 6.07) is 8.06. The van der Waals surface area contributed by atoms with Crippen LogP contribution in [0.5, 0.6) is 0 Å². The van der Waals surface area contributed by atoms with Gasteiger partial charge in [-0.15, -0.1) is 0 Å². The van der Waals surface area contributed by atoms with E-state index in [1.54, 1.807) is 0 Å². The minimum absolute atomic E-state index is 0.000553. The highest BCUT2D eigenvalue weighted by atomic mass is 79.9. The maximum absolute atomic E-state index is 12.2. The van der Waals surface area contributed by atoms with E-state index in [9.17, 15) is 9.59 Å². The van der Waals surface area contributed by atoms with Gasteiger partial charge in [0.15, 0.2) is 6.10 Å². The first kappa shape index (κ1) is 15.5. The molecule has 1 amide bonds. The summed E-state index contributed by atoms with van der Waals surface area (Å²) in [7, 11) is 0. The van der Waals surface area contributed by atoms with E-state index < -0.39 is 18.2 Å². The molecule has 2 N–H and O–H groups in total. The van der Waals surface area contributed by atoms with Gasteiger partial charge in [-0.05, 0) is 37.3 Å². The van der Waals surface area contributed by atoms with Gasteiger partial charge in [0.05, 0.1) is 0 Å². The van der Waals surface area contributed by atoms with Gasteiger partial charge in [0.1, 0.15) is 6.10 Å². The van der Waals surface area contributed by atoms with E-state index >= 15 is 0 Å². The van der Waals surface area contributed by atoms with Crippen molar-refractivity contribution < 1.29 is 19.4 Å². The number of benzene rings is 1. The van der Waals surface area contributed by atoms with E-state index in [2.05, 4.69) is 27.3 Å². The number of amides is 1. The molecule has 5 nitrogen and oxygen atoms in total. The minimum Gasteiger partial charge on any atom is -0.479 e. The number of rotatable bonds is 5. The van der Waals surface area contributed by atoms with E-state index in [0.29, 0.717) is 19.4 Å². The lowest BCUT2D eigenvalue weighted by Gasteiger charge is -2.19. The molecule has 1 aromatic carbocycles. The zero-order chi connectivity index (χ0) is 15.7. The standard InChI is InChI=1S/C16H18BrNO4/c17-11-4-2-1-3-10(11)16(7-8-16)9-18-14(19)12-5-6-13(22-12)15(20)21/h1-4,12-13H,5-9H2,(H,18,19)(H,20,21)/t12-,13+/m0/s1. The van der Waals surface area contributed by atoms with Crippen molar-refractivity contribution in [2.45, 2.75) is 43.3 Å². The monoisotopic (exact) mass is 367 g/mol. The van der Waals surface area contributed by atoms with Gasteiger partial charge in [0, 0.05) is 16.4 Å². The van der Waals surface area contributed by atoms with Crippen LogP contribution in [0.2, 0.25) is 0 Å². The summed E-state index contributed by atoms with van der Waals surface area (Å²) in [5.74, 6) is -1.20. The van der Waals surface area contributed by atoms with Crippen LogP contribution in [0.3, 0.4) is 0 Å². The Morgan fingerprint density at radius 1 is 1.27 bits per heavy atom. The summed E-state index contributed by atoms with van der Waals surface area (Å²) in [5.41, 5.74) is 1.21. The van der Waals surface area contributed by atoms with Gasteiger partial charge in [-0.3, -0.25) is 4.79 Å². The number of halogens is 1. The fraction of sp³-hybridized carbons (Fsp3) is 0.500. The highest BCUT2D eigenvalue weighted by Crippen LogP contribution is 2.49. The summed E-state index contributed by atoms with van der Waals surface area (Å²) >= 11 is 3.57. The molecule has 2 aliphatic rings. The van der Waals surface area contributed by atoms with Crippen LogP contribution in [-0.4, -0.2) is 35.7 Å². The summed E-state index contributed by atoms with van der Waals surface area (Å²) in [4.78, 5) is 23.0. The summed E-state index contributed by atoms with van der Waals surface area (Å²) < 4.78 is 6.34. The van der Waals surface area contributed by atoms with Crippen molar-refractivity contribution in [1.82, 2.24) is 5.32 Å². The number of carboxylic acids is 1. The molecule has 6 heteroatoms. The lowest BCUT2D eigenvalue weighted by Crippen LogP contribution is -2.39. The van der Waals surface area contributed by atoms with Gasteiger partial charge in [-0.2, -0.15) is 0 Å². The molecule has 0 bridgehead atoms. The van der Waals surface area contributed by atoms with Crippen LogP contribution in [-0.2, 0) is 19.7 Å². The number of ether oxygens (including phenoxy) is 1. The number of hydrogen-bond acceptors (Lipinski definition) is 3. The predicted molar refractivity (Wildman–Crippen MR) is 83.6 cm³/mol. The molecule has 1 saturated heterocycles. The maximum atomic E-state index is 12.2. The second-order valence-corrected chi connectivity index (χ2v) is 6.86. The van der Waals surface area contributed by atoms with Crippen LogP contribution in [0.1, 0.15) is 31.2 Å². The average molecular weight is 368 g/mol. The number of aliphatic carboxylic acids is 1. The molecule has 1 saturated carbocycles. The lowest BCUT2D eigenvalue weighted by atomic mass is 9.96. The van der Waals surface area contributed by atoms with E-state index in [-0.39, 0.29) is 11.3 Å². The van der Waals surface area contributed by atoms with Crippen molar-refractivity contribution in [3.63, 3.8) is 0 Å². The largest absolute Gasteiger partial charge is 0.479 e. The number of carbonyl (C=O) groups excluding carboxylic acids is 1. The van der Waals surface area contributed by atoms with E-state index in [1.165, 1.54) is 5.56 Å². The molecule has 22 heavy (non-hydrogen) atoms. The highest BCUT2D eigenvalue weighted by molar-refractivity contribution is 9.10. The van der Waals surface area contributed by atoms with Crippen LogP contribution in [0.4, 0.5) is 0 Å². The quantitative estimate of drug-likeness (QED) is 0.836. The Hall–Kier alpha value is -1.40. The van der Waals surface area contributed by atoms with Crippen molar-refractivity contribution >= 4 is 27.8 Å². The Kier molecular flexibility index (Phi) is 4.23. The number of hydrogen-bond donors (Lipinski definition) is 2. The third kappa shape index (κ3) is 3.03. The van der Waals surface area contributed by atoms with Crippen molar-refractivity contribution in [2.75, 3.05) is 6.54 Å². The summed E-state index contributed by atoms with van der Waals surface area (Å²) in [6.45, 7) is 0.562. The van der Waals surface area contributed by atoms with Crippen molar-refractivity contribution in [1.29, 1.82) is 0 Å². The SMILES string of the molecule is O=C(NCC1(c2ccccc2Br)CC1)[C@@H]1CC[C@H](C(=O)O)O1. The fourth-order valence-corrected chi connectivity index (χ4v) is 3.67. The van der Waals surface area contributed by atoms with Gasteiger partial charge in [0.25, 0.3) is 0 Å². The van der Waals surface area contributed by atoms with Gasteiger partial charge in [-0.25, -0.2) is 4.79 Å². The molecule has 0 unspecified atom stereocenters. The second-order valence-electron chi connectivity index (χ2n) is 6.01. The van der Waals surface area contributed by atoms with E-state index in [0.717, 1.165) is 17.3 Å². The fourth-order valence-electron chi connectivity index (χ4n) is 2.97. The second kappa shape index (κ2) is 6.01. The van der Waals surface area contributed by atoms with Crippen LogP contribution < -0.4 is 5.32 Å². The Morgan fingerprint density at radius 3 is 2.55 bits per heavy atom.